The lowest BCUT2D eigenvalue weighted by Gasteiger charge is -2.38. The van der Waals surface area contributed by atoms with Crippen LogP contribution in [0.2, 0.25) is 5.02 Å². The molecule has 0 fully saturated rings. The fourth-order valence-electron chi connectivity index (χ4n) is 5.78. The number of hydrogen-bond donors (Lipinski definition) is 0. The highest BCUT2D eigenvalue weighted by molar-refractivity contribution is 6.30. The number of carbonyl (C=O) groups excluding carboxylic acids is 1. The smallest absolute Gasteiger partial charge is 0.232 e. The van der Waals surface area contributed by atoms with Crippen LogP contribution in [0.25, 0.3) is 0 Å². The number of methoxy groups -OCH3 is 1. The van der Waals surface area contributed by atoms with Gasteiger partial charge in [-0.1, -0.05) is 49.7 Å². The Labute approximate surface area is 261 Å². The van der Waals surface area contributed by atoms with Crippen LogP contribution >= 0.6 is 11.6 Å². The van der Waals surface area contributed by atoms with Gasteiger partial charge < -0.3 is 24.2 Å². The SMILES string of the molecule is CCC(C)Oc1cc2c(cc1OC)CC(=O)N(c1ccc(N(C)CC3=CC(C)CC=CN3C)cc1)C2c1ccc(Cl)cc1. The Bertz CT molecular complexity index is 1500. The van der Waals surface area contributed by atoms with Gasteiger partial charge in [-0.05, 0) is 97.1 Å². The van der Waals surface area contributed by atoms with Crippen molar-refractivity contribution in [3.05, 3.63) is 106 Å². The largest absolute Gasteiger partial charge is 0.493 e. The summed E-state index contributed by atoms with van der Waals surface area (Å²) in [7, 11) is 5.84. The number of halogens is 1. The number of hydrogen-bond acceptors (Lipinski definition) is 5. The molecular formula is C36H42ClN3O3. The van der Waals surface area contributed by atoms with E-state index in [1.165, 1.54) is 5.70 Å². The van der Waals surface area contributed by atoms with Crippen molar-refractivity contribution in [3.8, 4) is 11.5 Å². The predicted molar refractivity (Wildman–Crippen MR) is 176 cm³/mol. The van der Waals surface area contributed by atoms with Gasteiger partial charge in [0, 0.05) is 36.2 Å². The summed E-state index contributed by atoms with van der Waals surface area (Å²) in [6.07, 6.45) is 8.94. The molecule has 0 spiro atoms. The first-order valence-electron chi connectivity index (χ1n) is 15.0. The number of amides is 1. The van der Waals surface area contributed by atoms with Crippen molar-refractivity contribution < 1.29 is 14.3 Å². The molecule has 7 heteroatoms. The van der Waals surface area contributed by atoms with Crippen LogP contribution in [0, 0.1) is 5.92 Å². The average molecular weight is 600 g/mol. The minimum Gasteiger partial charge on any atom is -0.493 e. The van der Waals surface area contributed by atoms with Crippen LogP contribution in [-0.4, -0.2) is 44.7 Å². The maximum absolute atomic E-state index is 13.9. The van der Waals surface area contributed by atoms with Crippen molar-refractivity contribution in [2.45, 2.75) is 52.2 Å². The molecule has 0 aromatic heterocycles. The van der Waals surface area contributed by atoms with Crippen molar-refractivity contribution >= 4 is 28.9 Å². The molecular weight excluding hydrogens is 558 g/mol. The van der Waals surface area contributed by atoms with Gasteiger partial charge in [0.2, 0.25) is 5.91 Å². The number of allylic oxidation sites excluding steroid dienone is 2. The first kappa shape index (κ1) is 30.6. The minimum absolute atomic E-state index is 0.0252. The lowest BCUT2D eigenvalue weighted by Crippen LogP contribution is -2.41. The van der Waals surface area contributed by atoms with Gasteiger partial charge in [-0.15, -0.1) is 0 Å². The van der Waals surface area contributed by atoms with E-state index in [-0.39, 0.29) is 24.5 Å². The Morgan fingerprint density at radius 3 is 2.47 bits per heavy atom. The van der Waals surface area contributed by atoms with Gasteiger partial charge in [0.05, 0.1) is 32.2 Å². The number of nitrogens with zero attached hydrogens (tertiary/aromatic N) is 3. The van der Waals surface area contributed by atoms with E-state index in [9.17, 15) is 4.79 Å². The van der Waals surface area contributed by atoms with E-state index in [0.717, 1.165) is 47.5 Å². The second-order valence-electron chi connectivity index (χ2n) is 11.7. The van der Waals surface area contributed by atoms with Crippen molar-refractivity contribution in [3.63, 3.8) is 0 Å². The van der Waals surface area contributed by atoms with Crippen LogP contribution in [0.1, 0.15) is 56.3 Å². The van der Waals surface area contributed by atoms with Gasteiger partial charge in [0.25, 0.3) is 0 Å². The molecule has 0 aliphatic carbocycles. The van der Waals surface area contributed by atoms with Gasteiger partial charge in [-0.25, -0.2) is 0 Å². The fourth-order valence-corrected chi connectivity index (χ4v) is 5.91. The number of rotatable bonds is 9. The number of anilines is 2. The molecule has 2 heterocycles. The molecule has 0 bridgehead atoms. The first-order valence-corrected chi connectivity index (χ1v) is 15.4. The molecule has 0 saturated heterocycles. The molecule has 2 aliphatic rings. The molecule has 3 unspecified atom stereocenters. The second-order valence-corrected chi connectivity index (χ2v) is 12.1. The Balaban J connectivity index is 1.51. The van der Waals surface area contributed by atoms with E-state index in [1.807, 2.05) is 60.4 Å². The molecule has 6 nitrogen and oxygen atoms in total. The third kappa shape index (κ3) is 6.70. The molecule has 3 aromatic rings. The highest BCUT2D eigenvalue weighted by atomic mass is 35.5. The Morgan fingerprint density at radius 1 is 1.07 bits per heavy atom. The van der Waals surface area contributed by atoms with Crippen LogP contribution in [0.5, 0.6) is 11.5 Å². The normalized spacial score (nSPS) is 19.0. The fraction of sp³-hybridized carbons (Fsp3) is 0.361. The molecule has 0 saturated carbocycles. The lowest BCUT2D eigenvalue weighted by molar-refractivity contribution is -0.118. The minimum atomic E-state index is -0.347. The number of carbonyl (C=O) groups is 1. The summed E-state index contributed by atoms with van der Waals surface area (Å²) in [5.74, 6) is 1.85. The number of ether oxygens (including phenoxy) is 2. The van der Waals surface area contributed by atoms with Crippen molar-refractivity contribution in [2.24, 2.45) is 5.92 Å². The van der Waals surface area contributed by atoms with Gasteiger partial charge in [-0.3, -0.25) is 4.79 Å². The van der Waals surface area contributed by atoms with Gasteiger partial charge in [-0.2, -0.15) is 0 Å². The highest BCUT2D eigenvalue weighted by Gasteiger charge is 2.36. The number of likely N-dealkylation sites (N-methyl/N-ethyl adjacent to an activating group) is 2. The molecule has 43 heavy (non-hydrogen) atoms. The molecule has 5 rings (SSSR count). The molecule has 3 atom stereocenters. The van der Waals surface area contributed by atoms with E-state index in [4.69, 9.17) is 21.1 Å². The molecule has 1 amide bonds. The number of fused-ring (bicyclic) bond motifs is 1. The molecule has 2 aliphatic heterocycles. The Kier molecular flexibility index (Phi) is 9.36. The van der Waals surface area contributed by atoms with Crippen molar-refractivity contribution in [2.75, 3.05) is 37.5 Å². The Hall–Kier alpha value is -3.90. The second kappa shape index (κ2) is 13.2. The topological polar surface area (TPSA) is 45.3 Å². The molecule has 226 valence electrons. The van der Waals surface area contributed by atoms with E-state index < -0.39 is 0 Å². The standard InChI is InChI=1S/C36H42ClN3O3/c1-7-25(3)43-34-22-32-27(20-33(34)42-6)21-35(41)40(36(32)26-10-12-28(37)13-11-26)30-16-14-29(15-17-30)39(5)23-31-19-24(2)9-8-18-38(31)4/h8,10-20,22,24-25,36H,7,9,21,23H2,1-6H3. The maximum atomic E-state index is 13.9. The first-order chi connectivity index (χ1) is 20.7. The lowest BCUT2D eigenvalue weighted by atomic mass is 9.86. The maximum Gasteiger partial charge on any atom is 0.232 e. The van der Waals surface area contributed by atoms with Gasteiger partial charge >= 0.3 is 0 Å². The van der Waals surface area contributed by atoms with Crippen LogP contribution in [-0.2, 0) is 11.2 Å². The summed E-state index contributed by atoms with van der Waals surface area (Å²) in [5.41, 5.74) is 6.13. The van der Waals surface area contributed by atoms with E-state index in [0.29, 0.717) is 22.4 Å². The van der Waals surface area contributed by atoms with Crippen molar-refractivity contribution in [1.29, 1.82) is 0 Å². The number of benzene rings is 3. The van der Waals surface area contributed by atoms with E-state index >= 15 is 0 Å². The molecule has 3 aromatic carbocycles. The summed E-state index contributed by atoms with van der Waals surface area (Å²) in [6.45, 7) is 7.18. The monoisotopic (exact) mass is 599 g/mol. The summed E-state index contributed by atoms with van der Waals surface area (Å²) < 4.78 is 12.0. The summed E-state index contributed by atoms with van der Waals surface area (Å²) in [5, 5.41) is 0.653. The average Bonchev–Trinajstić information content (AvgIpc) is 3.15. The Morgan fingerprint density at radius 2 is 1.79 bits per heavy atom. The van der Waals surface area contributed by atoms with Crippen LogP contribution < -0.4 is 19.3 Å². The van der Waals surface area contributed by atoms with Crippen molar-refractivity contribution in [1.82, 2.24) is 4.90 Å². The zero-order valence-electron chi connectivity index (χ0n) is 26.0. The molecule has 0 N–H and O–H groups in total. The van der Waals surface area contributed by atoms with Crippen LogP contribution in [0.4, 0.5) is 11.4 Å². The quantitative estimate of drug-likeness (QED) is 0.249. The van der Waals surface area contributed by atoms with Gasteiger partial charge in [0.15, 0.2) is 11.5 Å². The van der Waals surface area contributed by atoms with E-state index in [2.05, 4.69) is 68.2 Å². The summed E-state index contributed by atoms with van der Waals surface area (Å²) >= 11 is 6.28. The third-order valence-electron chi connectivity index (χ3n) is 8.41. The van der Waals surface area contributed by atoms with Gasteiger partial charge in [0.1, 0.15) is 0 Å². The van der Waals surface area contributed by atoms with E-state index in [1.54, 1.807) is 7.11 Å². The zero-order valence-corrected chi connectivity index (χ0v) is 26.8. The van der Waals surface area contributed by atoms with Crippen LogP contribution in [0.15, 0.2) is 84.7 Å². The summed E-state index contributed by atoms with van der Waals surface area (Å²) in [6, 6.07) is 19.7. The summed E-state index contributed by atoms with van der Waals surface area (Å²) in [4.78, 5) is 20.2. The van der Waals surface area contributed by atoms with Crippen LogP contribution in [0.3, 0.4) is 0 Å². The zero-order chi connectivity index (χ0) is 30.7. The highest BCUT2D eigenvalue weighted by Crippen LogP contribution is 2.44. The predicted octanol–water partition coefficient (Wildman–Crippen LogP) is 8.01. The third-order valence-corrected chi connectivity index (χ3v) is 8.66. The molecule has 0 radical (unpaired) electrons.